The lowest BCUT2D eigenvalue weighted by molar-refractivity contribution is -0.183. The van der Waals surface area contributed by atoms with Gasteiger partial charge in [-0.2, -0.15) is 0 Å². The molecule has 0 aromatic heterocycles. The first-order valence-electron chi connectivity index (χ1n) is 10.6. The molecule has 2 unspecified atom stereocenters. The lowest BCUT2D eigenvalue weighted by atomic mass is 9.52. The van der Waals surface area contributed by atoms with Crippen LogP contribution < -0.4 is 4.90 Å². The van der Waals surface area contributed by atoms with E-state index in [1.807, 2.05) is 0 Å². The molecule has 0 saturated heterocycles. The molecular formula is C23H26N2O8. The Balaban J connectivity index is 1.89. The monoisotopic (exact) mass is 458 g/mol. The zero-order valence-electron chi connectivity index (χ0n) is 18.7. The predicted molar refractivity (Wildman–Crippen MR) is 114 cm³/mol. The number of anilines is 1. The smallest absolute Gasteiger partial charge is 0.321 e. The van der Waals surface area contributed by atoms with Crippen LogP contribution in [0.25, 0.3) is 0 Å². The minimum Gasteiger partial charge on any atom is -0.507 e. The first-order valence-corrected chi connectivity index (χ1v) is 10.6. The summed E-state index contributed by atoms with van der Waals surface area (Å²) in [6.45, 7) is 0. The number of ketones is 4. The van der Waals surface area contributed by atoms with Crippen LogP contribution in [0.1, 0.15) is 22.3 Å². The number of aliphatic hydroxyl groups is 1. The Labute approximate surface area is 189 Å². The third kappa shape index (κ3) is 2.97. The van der Waals surface area contributed by atoms with Gasteiger partial charge in [-0.3, -0.25) is 28.9 Å². The molecule has 1 aromatic carbocycles. The number of benzene rings is 1. The number of phenols is 1. The Bertz CT molecular complexity index is 1110. The molecule has 176 valence electrons. The Morgan fingerprint density at radius 2 is 1.70 bits per heavy atom. The highest BCUT2D eigenvalue weighted by Crippen LogP contribution is 2.51. The van der Waals surface area contributed by atoms with Gasteiger partial charge in [0.15, 0.2) is 34.7 Å². The van der Waals surface area contributed by atoms with Crippen molar-refractivity contribution >= 4 is 34.8 Å². The van der Waals surface area contributed by atoms with Crippen LogP contribution in [0.2, 0.25) is 0 Å². The van der Waals surface area contributed by atoms with Gasteiger partial charge in [-0.1, -0.05) is 0 Å². The van der Waals surface area contributed by atoms with Crippen LogP contribution in [0.15, 0.2) is 12.1 Å². The highest BCUT2D eigenvalue weighted by molar-refractivity contribution is 6.31. The highest BCUT2D eigenvalue weighted by Gasteiger charge is 2.69. The standard InChI is InChI=1S/C23H26N2O8/c1-24(2)12-5-6-13(26)15-10(12)7-9-8-11-17(25(3)4)19(28)16(22(31)32)21(30)23(11,33)20(29)14(9)18(15)27/h5-6,9,11,14,16-17,26,33H,7-8H2,1-4H3,(H,31,32)/t9-,11-,14?,16?,17-,23-/m0/s1. The van der Waals surface area contributed by atoms with Gasteiger partial charge in [0.1, 0.15) is 5.75 Å². The SMILES string of the molecule is CN(C)c1ccc(O)c2c1C[C@H]1C[C@H]3[C@H](N(C)C)C(=O)C(C(=O)O)C(=O)[C@@]3(O)C(=O)C1C2=O. The Hall–Kier alpha value is -3.11. The minimum absolute atomic E-state index is 0.00667. The molecular weight excluding hydrogens is 432 g/mol. The molecule has 6 atom stereocenters. The summed E-state index contributed by atoms with van der Waals surface area (Å²) < 4.78 is 0. The summed E-state index contributed by atoms with van der Waals surface area (Å²) in [5.74, 6) is -11.5. The molecule has 2 saturated carbocycles. The Kier molecular flexibility index (Phi) is 5.21. The van der Waals surface area contributed by atoms with Gasteiger partial charge in [0.25, 0.3) is 0 Å². The van der Waals surface area contributed by atoms with E-state index in [1.54, 1.807) is 25.1 Å². The van der Waals surface area contributed by atoms with Gasteiger partial charge in [-0.15, -0.1) is 0 Å². The second kappa shape index (κ2) is 7.46. The van der Waals surface area contributed by atoms with Gasteiger partial charge < -0.3 is 20.2 Å². The molecule has 3 aliphatic rings. The van der Waals surface area contributed by atoms with Crippen LogP contribution in [-0.2, 0) is 25.6 Å². The number of phenolic OH excluding ortho intramolecular Hbond substituents is 1. The van der Waals surface area contributed by atoms with Crippen molar-refractivity contribution in [3.8, 4) is 5.75 Å². The van der Waals surface area contributed by atoms with Gasteiger partial charge in [0.05, 0.1) is 17.5 Å². The fourth-order valence-electron chi connectivity index (χ4n) is 5.97. The number of Topliss-reactive ketones (excluding diaryl/α,β-unsaturated/α-hetero) is 4. The lowest BCUT2D eigenvalue weighted by Gasteiger charge is -2.52. The topological polar surface area (TPSA) is 153 Å². The largest absolute Gasteiger partial charge is 0.507 e. The third-order valence-electron chi connectivity index (χ3n) is 7.36. The van der Waals surface area contributed by atoms with Gasteiger partial charge in [-0.25, -0.2) is 0 Å². The molecule has 0 heterocycles. The van der Waals surface area contributed by atoms with Crippen LogP contribution in [-0.4, -0.2) is 89.2 Å². The zero-order chi connectivity index (χ0) is 24.6. The quantitative estimate of drug-likeness (QED) is 0.507. The average molecular weight is 458 g/mol. The van der Waals surface area contributed by atoms with E-state index in [-0.39, 0.29) is 24.2 Å². The zero-order valence-corrected chi connectivity index (χ0v) is 18.7. The van der Waals surface area contributed by atoms with Gasteiger partial charge >= 0.3 is 5.97 Å². The van der Waals surface area contributed by atoms with Crippen molar-refractivity contribution in [3.63, 3.8) is 0 Å². The van der Waals surface area contributed by atoms with Gasteiger partial charge in [0, 0.05) is 25.7 Å². The maximum atomic E-state index is 13.6. The van der Waals surface area contributed by atoms with Crippen LogP contribution >= 0.6 is 0 Å². The molecule has 3 N–H and O–H groups in total. The maximum Gasteiger partial charge on any atom is 0.321 e. The van der Waals surface area contributed by atoms with Crippen molar-refractivity contribution in [2.75, 3.05) is 33.1 Å². The van der Waals surface area contributed by atoms with E-state index < -0.39 is 64.4 Å². The number of carboxylic acid groups (broad SMARTS) is 1. The number of rotatable bonds is 3. The van der Waals surface area contributed by atoms with Gasteiger partial charge in [-0.05, 0) is 50.6 Å². The number of aromatic hydroxyl groups is 1. The lowest BCUT2D eigenvalue weighted by Crippen LogP contribution is -2.73. The van der Waals surface area contributed by atoms with Crippen molar-refractivity contribution in [1.29, 1.82) is 0 Å². The maximum absolute atomic E-state index is 13.6. The molecule has 10 nitrogen and oxygen atoms in total. The fourth-order valence-corrected chi connectivity index (χ4v) is 5.97. The summed E-state index contributed by atoms with van der Waals surface area (Å²) in [7, 11) is 6.58. The second-order valence-corrected chi connectivity index (χ2v) is 9.58. The van der Waals surface area contributed by atoms with Crippen molar-refractivity contribution in [2.24, 2.45) is 23.7 Å². The van der Waals surface area contributed by atoms with Crippen LogP contribution in [0.5, 0.6) is 5.75 Å². The Morgan fingerprint density at radius 1 is 1.06 bits per heavy atom. The number of carbonyl (C=O) groups excluding carboxylic acids is 4. The summed E-state index contributed by atoms with van der Waals surface area (Å²) in [5, 5.41) is 31.4. The summed E-state index contributed by atoms with van der Waals surface area (Å²) in [5.41, 5.74) is -1.57. The summed E-state index contributed by atoms with van der Waals surface area (Å²) in [6.07, 6.45) is 0.212. The summed E-state index contributed by atoms with van der Waals surface area (Å²) >= 11 is 0. The van der Waals surface area contributed by atoms with E-state index >= 15 is 0 Å². The number of hydrogen-bond donors (Lipinski definition) is 3. The molecule has 0 aliphatic heterocycles. The van der Waals surface area contributed by atoms with Gasteiger partial charge in [0.2, 0.25) is 0 Å². The predicted octanol–water partition coefficient (Wildman–Crippen LogP) is -0.468. The molecule has 0 bridgehead atoms. The first kappa shape index (κ1) is 23.1. The van der Waals surface area contributed by atoms with E-state index in [4.69, 9.17) is 0 Å². The number of fused-ring (bicyclic) bond motifs is 3. The fraction of sp³-hybridized carbons (Fsp3) is 0.522. The molecule has 1 aromatic rings. The number of likely N-dealkylation sites (N-methyl/N-ethyl adjacent to an activating group) is 1. The number of aliphatic carboxylic acids is 1. The summed E-state index contributed by atoms with van der Waals surface area (Å²) in [6, 6.07) is 1.83. The number of carboxylic acids is 1. The average Bonchev–Trinajstić information content (AvgIpc) is 2.70. The normalized spacial score (nSPS) is 33.5. The van der Waals surface area contributed by atoms with Crippen molar-refractivity contribution in [3.05, 3.63) is 23.3 Å². The first-order chi connectivity index (χ1) is 15.3. The minimum atomic E-state index is -2.78. The summed E-state index contributed by atoms with van der Waals surface area (Å²) in [4.78, 5) is 68.0. The second-order valence-electron chi connectivity index (χ2n) is 9.58. The molecule has 4 rings (SSSR count). The molecule has 33 heavy (non-hydrogen) atoms. The number of carbonyl (C=O) groups is 5. The van der Waals surface area contributed by atoms with Crippen molar-refractivity contribution in [1.82, 2.24) is 4.90 Å². The molecule has 10 heteroatoms. The molecule has 3 aliphatic carbocycles. The van der Waals surface area contributed by atoms with E-state index in [2.05, 4.69) is 0 Å². The third-order valence-corrected chi connectivity index (χ3v) is 7.36. The van der Waals surface area contributed by atoms with Crippen molar-refractivity contribution in [2.45, 2.75) is 24.5 Å². The Morgan fingerprint density at radius 3 is 2.24 bits per heavy atom. The molecule has 2 fully saturated rings. The molecule has 0 amide bonds. The van der Waals surface area contributed by atoms with Crippen LogP contribution in [0, 0.1) is 23.7 Å². The van der Waals surface area contributed by atoms with E-state index in [9.17, 15) is 39.3 Å². The van der Waals surface area contributed by atoms with Crippen LogP contribution in [0.4, 0.5) is 5.69 Å². The van der Waals surface area contributed by atoms with E-state index in [1.165, 1.54) is 25.1 Å². The highest BCUT2D eigenvalue weighted by atomic mass is 16.4. The molecule has 0 spiro atoms. The van der Waals surface area contributed by atoms with E-state index in [0.29, 0.717) is 11.3 Å². The van der Waals surface area contributed by atoms with Crippen molar-refractivity contribution < 1.29 is 39.3 Å². The number of hydrogen-bond acceptors (Lipinski definition) is 9. The van der Waals surface area contributed by atoms with Crippen LogP contribution in [0.3, 0.4) is 0 Å². The number of nitrogens with zero attached hydrogens (tertiary/aromatic N) is 2. The van der Waals surface area contributed by atoms with E-state index in [0.717, 1.165) is 0 Å². The molecule has 0 radical (unpaired) electrons.